The predicted molar refractivity (Wildman–Crippen MR) is 155 cm³/mol. The van der Waals surface area contributed by atoms with Gasteiger partial charge < -0.3 is 29.8 Å². The standard InChI is InChI=1S/C30H30F3N3O6S/c1-36(29(37)38)28-35-22-23(39-16-18-8-4-2-5-9-18)24(40-17-19-10-6-3-7-11-19)25(42-27(22)43-28)26(30(31,32)33)41-21-14-12-20(34)13-15-21/h2-15,22-27H,16-17,34H2,1H3,(H,37,38)/t22-,23-,24+,25+,26-,27-/m1/s1. The molecular weight excluding hydrogens is 587 g/mol. The van der Waals surface area contributed by atoms with Gasteiger partial charge in [0, 0.05) is 12.7 Å². The Morgan fingerprint density at radius 2 is 1.53 bits per heavy atom. The summed E-state index contributed by atoms with van der Waals surface area (Å²) in [6.45, 7) is 0.00553. The Bertz CT molecular complexity index is 1400. The lowest BCUT2D eigenvalue weighted by Gasteiger charge is -2.45. The van der Waals surface area contributed by atoms with Gasteiger partial charge in [-0.05, 0) is 35.4 Å². The first-order chi connectivity index (χ1) is 20.6. The molecule has 1 saturated heterocycles. The number of fused-ring (bicyclic) bond motifs is 1. The highest BCUT2D eigenvalue weighted by atomic mass is 32.2. The summed E-state index contributed by atoms with van der Waals surface area (Å²) in [6.07, 6.45) is -12.7. The van der Waals surface area contributed by atoms with Crippen LogP contribution in [0, 0.1) is 0 Å². The number of amides is 1. The first kappa shape index (κ1) is 30.7. The van der Waals surface area contributed by atoms with Crippen LogP contribution in [0.5, 0.6) is 5.75 Å². The van der Waals surface area contributed by atoms with Gasteiger partial charge in [0.25, 0.3) is 0 Å². The van der Waals surface area contributed by atoms with Crippen molar-refractivity contribution in [2.75, 3.05) is 12.8 Å². The molecule has 2 heterocycles. The smallest absolute Gasteiger partial charge is 0.428 e. The number of alkyl halides is 3. The third-order valence-electron chi connectivity index (χ3n) is 6.94. The van der Waals surface area contributed by atoms with Crippen molar-refractivity contribution in [2.24, 2.45) is 4.99 Å². The van der Waals surface area contributed by atoms with E-state index in [9.17, 15) is 23.1 Å². The number of hydrogen-bond donors (Lipinski definition) is 2. The van der Waals surface area contributed by atoms with Crippen molar-refractivity contribution in [1.29, 1.82) is 0 Å². The largest absolute Gasteiger partial charge is 0.478 e. The number of nitrogens with zero attached hydrogens (tertiary/aromatic N) is 2. The van der Waals surface area contributed by atoms with Crippen LogP contribution >= 0.6 is 11.8 Å². The van der Waals surface area contributed by atoms with Crippen LogP contribution in [0.4, 0.5) is 23.7 Å². The monoisotopic (exact) mass is 617 g/mol. The Kier molecular flexibility index (Phi) is 9.45. The van der Waals surface area contributed by atoms with Crippen LogP contribution < -0.4 is 10.5 Å². The molecule has 9 nitrogen and oxygen atoms in total. The number of anilines is 1. The Balaban J connectivity index is 1.53. The molecule has 6 atom stereocenters. The van der Waals surface area contributed by atoms with Crippen LogP contribution in [0.2, 0.25) is 0 Å². The van der Waals surface area contributed by atoms with E-state index < -0.39 is 48.2 Å². The second-order valence-electron chi connectivity index (χ2n) is 10.0. The van der Waals surface area contributed by atoms with Gasteiger partial charge in [-0.1, -0.05) is 72.4 Å². The van der Waals surface area contributed by atoms with E-state index in [0.717, 1.165) is 27.8 Å². The van der Waals surface area contributed by atoms with E-state index >= 15 is 0 Å². The number of nitrogen functional groups attached to an aromatic ring is 1. The van der Waals surface area contributed by atoms with Gasteiger partial charge in [0.15, 0.2) is 5.17 Å². The number of halogens is 3. The molecule has 43 heavy (non-hydrogen) atoms. The summed E-state index contributed by atoms with van der Waals surface area (Å²) < 4.78 is 68.5. The Morgan fingerprint density at radius 1 is 0.977 bits per heavy atom. The van der Waals surface area contributed by atoms with Gasteiger partial charge in [-0.2, -0.15) is 13.2 Å². The Morgan fingerprint density at radius 3 is 2.07 bits per heavy atom. The van der Waals surface area contributed by atoms with Crippen molar-refractivity contribution in [1.82, 2.24) is 4.90 Å². The minimum Gasteiger partial charge on any atom is -0.478 e. The molecule has 0 aromatic heterocycles. The van der Waals surface area contributed by atoms with E-state index in [1.54, 1.807) is 24.3 Å². The van der Waals surface area contributed by atoms with Gasteiger partial charge in [-0.3, -0.25) is 9.89 Å². The minimum atomic E-state index is -4.89. The first-order valence-electron chi connectivity index (χ1n) is 13.4. The quantitative estimate of drug-likeness (QED) is 0.300. The number of hydrogen-bond acceptors (Lipinski definition) is 8. The van der Waals surface area contributed by atoms with E-state index in [4.69, 9.17) is 24.7 Å². The average Bonchev–Trinajstić information content (AvgIpc) is 3.42. The predicted octanol–water partition coefficient (Wildman–Crippen LogP) is 5.56. The second-order valence-corrected chi connectivity index (χ2v) is 11.1. The van der Waals surface area contributed by atoms with Gasteiger partial charge in [0.2, 0.25) is 6.10 Å². The molecule has 1 amide bonds. The number of aliphatic imine (C=N–C) groups is 1. The molecule has 3 aromatic rings. The molecule has 0 unspecified atom stereocenters. The first-order valence-corrected chi connectivity index (χ1v) is 14.2. The molecule has 0 spiro atoms. The zero-order chi connectivity index (χ0) is 30.6. The van der Waals surface area contributed by atoms with Gasteiger partial charge in [-0.15, -0.1) is 0 Å². The highest BCUT2D eigenvalue weighted by Crippen LogP contribution is 2.43. The molecule has 228 valence electrons. The van der Waals surface area contributed by atoms with Crippen LogP contribution in [-0.4, -0.2) is 70.4 Å². The van der Waals surface area contributed by atoms with E-state index in [1.165, 1.54) is 31.3 Å². The van der Waals surface area contributed by atoms with Gasteiger partial charge >= 0.3 is 12.3 Å². The molecule has 3 aromatic carbocycles. The number of thioether (sulfide) groups is 1. The number of carboxylic acid groups (broad SMARTS) is 1. The summed E-state index contributed by atoms with van der Waals surface area (Å²) in [5, 5.41) is 9.61. The average molecular weight is 618 g/mol. The summed E-state index contributed by atoms with van der Waals surface area (Å²) >= 11 is 0.911. The summed E-state index contributed by atoms with van der Waals surface area (Å²) in [4.78, 5) is 17.1. The normalized spacial score (nSPS) is 24.1. The van der Waals surface area contributed by atoms with Crippen molar-refractivity contribution in [2.45, 2.75) is 55.3 Å². The summed E-state index contributed by atoms with van der Waals surface area (Å²) in [5.41, 5.74) is 6.59. The molecule has 0 bridgehead atoms. The van der Waals surface area contributed by atoms with Crippen LogP contribution in [0.25, 0.3) is 0 Å². The van der Waals surface area contributed by atoms with Crippen LogP contribution in [0.1, 0.15) is 11.1 Å². The summed E-state index contributed by atoms with van der Waals surface area (Å²) in [6, 6.07) is 22.8. The van der Waals surface area contributed by atoms with Gasteiger partial charge in [-0.25, -0.2) is 4.79 Å². The molecule has 1 fully saturated rings. The second kappa shape index (κ2) is 13.2. The number of amidine groups is 1. The maximum Gasteiger partial charge on any atom is 0.428 e. The fraction of sp³-hybridized carbons (Fsp3) is 0.333. The maximum absolute atomic E-state index is 14.8. The summed E-state index contributed by atoms with van der Waals surface area (Å²) in [5.74, 6) is -0.0626. The third kappa shape index (κ3) is 7.42. The van der Waals surface area contributed by atoms with E-state index in [0.29, 0.717) is 5.69 Å². The number of carbonyl (C=O) groups is 1. The van der Waals surface area contributed by atoms with Crippen molar-refractivity contribution < 1.29 is 42.0 Å². The number of nitrogens with two attached hydrogens (primary N) is 1. The molecule has 2 aliphatic rings. The van der Waals surface area contributed by atoms with Crippen molar-refractivity contribution in [3.8, 4) is 5.75 Å². The molecular formula is C30H30F3N3O6S. The molecule has 0 aliphatic carbocycles. The lowest BCUT2D eigenvalue weighted by molar-refractivity contribution is -0.276. The molecule has 2 aliphatic heterocycles. The van der Waals surface area contributed by atoms with E-state index in [1.807, 2.05) is 36.4 Å². The van der Waals surface area contributed by atoms with Crippen LogP contribution in [-0.2, 0) is 27.4 Å². The SMILES string of the molecule is CN(C(=O)O)C1=N[C@@H]2[C@@H](OCc3ccccc3)[C@H](OCc3ccccc3)[C@@H]([C@@H](Oc3ccc(N)cc3)C(F)(F)F)O[C@@H]2S1. The Labute approximate surface area is 250 Å². The van der Waals surface area contributed by atoms with Crippen molar-refractivity contribution >= 4 is 28.7 Å². The molecule has 0 radical (unpaired) electrons. The number of benzene rings is 3. The maximum atomic E-state index is 14.8. The van der Waals surface area contributed by atoms with Gasteiger partial charge in [0.05, 0.1) is 13.2 Å². The highest BCUT2D eigenvalue weighted by molar-refractivity contribution is 8.14. The minimum absolute atomic E-state index is 0.0425. The highest BCUT2D eigenvalue weighted by Gasteiger charge is 2.59. The van der Waals surface area contributed by atoms with E-state index in [2.05, 4.69) is 4.99 Å². The zero-order valence-corrected chi connectivity index (χ0v) is 23.8. The molecule has 5 rings (SSSR count). The lowest BCUT2D eigenvalue weighted by atomic mass is 9.93. The fourth-order valence-electron chi connectivity index (χ4n) is 4.76. The number of rotatable bonds is 9. The Hall–Kier alpha value is -3.78. The van der Waals surface area contributed by atoms with Gasteiger partial charge in [0.1, 0.15) is 35.5 Å². The molecule has 3 N–H and O–H groups in total. The number of ether oxygens (including phenoxy) is 4. The third-order valence-corrected chi connectivity index (χ3v) is 8.16. The molecule has 0 saturated carbocycles. The van der Waals surface area contributed by atoms with Crippen molar-refractivity contribution in [3.63, 3.8) is 0 Å². The van der Waals surface area contributed by atoms with E-state index in [-0.39, 0.29) is 24.1 Å². The zero-order valence-electron chi connectivity index (χ0n) is 23.0. The lowest BCUT2D eigenvalue weighted by Crippen LogP contribution is -2.63. The molecule has 13 heteroatoms. The van der Waals surface area contributed by atoms with Crippen LogP contribution in [0.3, 0.4) is 0 Å². The topological polar surface area (TPSA) is 116 Å². The summed E-state index contributed by atoms with van der Waals surface area (Å²) in [7, 11) is 1.30. The fourth-order valence-corrected chi connectivity index (χ4v) is 5.93. The van der Waals surface area contributed by atoms with Crippen molar-refractivity contribution in [3.05, 3.63) is 96.1 Å². The van der Waals surface area contributed by atoms with Crippen LogP contribution in [0.15, 0.2) is 89.9 Å².